The summed E-state index contributed by atoms with van der Waals surface area (Å²) in [5.41, 5.74) is 6.18. The van der Waals surface area contributed by atoms with Crippen LogP contribution in [-0.4, -0.2) is 38.5 Å². The van der Waals surface area contributed by atoms with E-state index in [4.69, 9.17) is 15.2 Å². The van der Waals surface area contributed by atoms with Gasteiger partial charge >= 0.3 is 0 Å². The second-order valence-electron chi connectivity index (χ2n) is 5.28. The minimum absolute atomic E-state index is 0.241. The molecule has 3 amide bonds. The summed E-state index contributed by atoms with van der Waals surface area (Å²) in [5, 5.41) is 5.10. The van der Waals surface area contributed by atoms with E-state index in [0.29, 0.717) is 28.3 Å². The summed E-state index contributed by atoms with van der Waals surface area (Å²) in [6, 6.07) is 11.0. The van der Waals surface area contributed by atoms with Crippen LogP contribution in [0.25, 0.3) is 0 Å². The van der Waals surface area contributed by atoms with Crippen LogP contribution in [-0.2, 0) is 4.79 Å². The van der Waals surface area contributed by atoms with Gasteiger partial charge in [-0.25, -0.2) is 0 Å². The van der Waals surface area contributed by atoms with Crippen LogP contribution in [0, 0.1) is 0 Å². The first-order valence-corrected chi connectivity index (χ1v) is 7.64. The lowest BCUT2D eigenvalue weighted by Gasteiger charge is -2.10. The largest absolute Gasteiger partial charge is 0.497 e. The Hall–Kier alpha value is -3.55. The highest BCUT2D eigenvalue weighted by Gasteiger charge is 2.11. The van der Waals surface area contributed by atoms with Crippen LogP contribution in [0.2, 0.25) is 0 Å². The molecule has 0 saturated heterocycles. The van der Waals surface area contributed by atoms with Crippen molar-refractivity contribution in [3.05, 3.63) is 53.6 Å². The van der Waals surface area contributed by atoms with Crippen molar-refractivity contribution in [2.45, 2.75) is 0 Å². The molecule has 0 radical (unpaired) electrons. The summed E-state index contributed by atoms with van der Waals surface area (Å²) in [5.74, 6) is -0.421. The first-order chi connectivity index (χ1) is 12.4. The van der Waals surface area contributed by atoms with Crippen LogP contribution in [0.5, 0.6) is 11.5 Å². The molecule has 0 aliphatic rings. The van der Waals surface area contributed by atoms with E-state index in [0.717, 1.165) is 0 Å². The molecule has 0 heterocycles. The summed E-state index contributed by atoms with van der Waals surface area (Å²) in [4.78, 5) is 34.9. The second kappa shape index (κ2) is 8.52. The molecule has 0 aliphatic heterocycles. The van der Waals surface area contributed by atoms with Gasteiger partial charge in [-0.2, -0.15) is 0 Å². The number of nitrogens with two attached hydrogens (primary N) is 1. The Labute approximate surface area is 150 Å². The lowest BCUT2D eigenvalue weighted by Crippen LogP contribution is -2.33. The third-order valence-corrected chi connectivity index (χ3v) is 3.44. The van der Waals surface area contributed by atoms with Gasteiger partial charge in [-0.15, -0.1) is 0 Å². The first kappa shape index (κ1) is 18.8. The Morgan fingerprint density at radius 1 is 0.885 bits per heavy atom. The smallest absolute Gasteiger partial charge is 0.255 e. The zero-order valence-electron chi connectivity index (χ0n) is 14.4. The van der Waals surface area contributed by atoms with Gasteiger partial charge < -0.3 is 25.8 Å². The molecule has 0 saturated carbocycles. The number of primary amides is 1. The number of hydrogen-bond acceptors (Lipinski definition) is 5. The van der Waals surface area contributed by atoms with Crippen molar-refractivity contribution in [2.24, 2.45) is 5.73 Å². The molecule has 8 nitrogen and oxygen atoms in total. The average Bonchev–Trinajstić information content (AvgIpc) is 2.66. The molecule has 0 aromatic heterocycles. The molecular formula is C18H19N3O5. The molecule has 2 rings (SSSR count). The molecule has 2 aromatic carbocycles. The number of anilines is 1. The number of rotatable bonds is 7. The van der Waals surface area contributed by atoms with Gasteiger partial charge in [-0.05, 0) is 36.4 Å². The zero-order valence-corrected chi connectivity index (χ0v) is 14.4. The third-order valence-electron chi connectivity index (χ3n) is 3.44. The fraction of sp³-hybridized carbons (Fsp3) is 0.167. The number of methoxy groups -OCH3 is 2. The maximum absolute atomic E-state index is 12.4. The number of amides is 3. The predicted molar refractivity (Wildman–Crippen MR) is 95.5 cm³/mol. The van der Waals surface area contributed by atoms with Gasteiger partial charge in [0, 0.05) is 22.9 Å². The number of carbonyl (C=O) groups is 3. The summed E-state index contributed by atoms with van der Waals surface area (Å²) in [6.07, 6.45) is 0. The van der Waals surface area contributed by atoms with E-state index in [1.165, 1.54) is 26.4 Å². The standard InChI is InChI=1S/C18H19N3O5/c1-25-14-7-12(8-15(9-14)26-2)18(24)21-13-5-3-11(4-6-13)17(23)20-10-16(19)22/h3-9H,10H2,1-2H3,(H2,19,22)(H,20,23)(H,21,24). The number of ether oxygens (including phenoxy) is 2. The van der Waals surface area contributed by atoms with Crippen molar-refractivity contribution in [1.29, 1.82) is 0 Å². The van der Waals surface area contributed by atoms with E-state index in [1.807, 2.05) is 0 Å². The van der Waals surface area contributed by atoms with E-state index < -0.39 is 11.8 Å². The van der Waals surface area contributed by atoms with Crippen LogP contribution in [0.15, 0.2) is 42.5 Å². The third kappa shape index (κ3) is 4.97. The number of hydrogen-bond donors (Lipinski definition) is 3. The predicted octanol–water partition coefficient (Wildman–Crippen LogP) is 1.17. The van der Waals surface area contributed by atoms with Gasteiger partial charge in [-0.3, -0.25) is 14.4 Å². The molecule has 4 N–H and O–H groups in total. The highest BCUT2D eigenvalue weighted by molar-refractivity contribution is 6.05. The first-order valence-electron chi connectivity index (χ1n) is 7.64. The van der Waals surface area contributed by atoms with Gasteiger partial charge in [-0.1, -0.05) is 0 Å². The molecule has 0 bridgehead atoms. The minimum atomic E-state index is -0.629. The molecular weight excluding hydrogens is 338 g/mol. The number of benzene rings is 2. The van der Waals surface area contributed by atoms with E-state index >= 15 is 0 Å². The van der Waals surface area contributed by atoms with Crippen LogP contribution < -0.4 is 25.8 Å². The maximum atomic E-state index is 12.4. The number of nitrogens with one attached hydrogen (secondary N) is 2. The monoisotopic (exact) mass is 357 g/mol. The molecule has 0 fully saturated rings. The zero-order chi connectivity index (χ0) is 19.1. The quantitative estimate of drug-likeness (QED) is 0.687. The number of carbonyl (C=O) groups excluding carboxylic acids is 3. The Kier molecular flexibility index (Phi) is 6.15. The van der Waals surface area contributed by atoms with Crippen LogP contribution in [0.4, 0.5) is 5.69 Å². The SMILES string of the molecule is COc1cc(OC)cc(C(=O)Nc2ccc(C(=O)NCC(N)=O)cc2)c1. The molecule has 0 atom stereocenters. The highest BCUT2D eigenvalue weighted by Crippen LogP contribution is 2.23. The van der Waals surface area contributed by atoms with Crippen LogP contribution >= 0.6 is 0 Å². The summed E-state index contributed by atoms with van der Waals surface area (Å²) in [6.45, 7) is -0.241. The topological polar surface area (TPSA) is 120 Å². The van der Waals surface area contributed by atoms with Gasteiger partial charge in [0.05, 0.1) is 20.8 Å². The van der Waals surface area contributed by atoms with Crippen LogP contribution in [0.3, 0.4) is 0 Å². The van der Waals surface area contributed by atoms with Crippen molar-refractivity contribution in [3.63, 3.8) is 0 Å². The molecule has 136 valence electrons. The van der Waals surface area contributed by atoms with Crippen molar-refractivity contribution < 1.29 is 23.9 Å². The Bertz CT molecular complexity index is 796. The van der Waals surface area contributed by atoms with E-state index in [2.05, 4.69) is 10.6 Å². The van der Waals surface area contributed by atoms with Crippen LogP contribution in [0.1, 0.15) is 20.7 Å². The normalized spacial score (nSPS) is 9.92. The Morgan fingerprint density at radius 2 is 1.46 bits per heavy atom. The lowest BCUT2D eigenvalue weighted by molar-refractivity contribution is -0.117. The van der Waals surface area contributed by atoms with E-state index in [9.17, 15) is 14.4 Å². The fourth-order valence-electron chi connectivity index (χ4n) is 2.12. The van der Waals surface area contributed by atoms with Gasteiger partial charge in [0.15, 0.2) is 0 Å². The Morgan fingerprint density at radius 3 is 1.96 bits per heavy atom. The molecule has 26 heavy (non-hydrogen) atoms. The molecule has 0 spiro atoms. The summed E-state index contributed by atoms with van der Waals surface area (Å²) in [7, 11) is 3.00. The highest BCUT2D eigenvalue weighted by atomic mass is 16.5. The molecule has 0 unspecified atom stereocenters. The Balaban J connectivity index is 2.08. The average molecular weight is 357 g/mol. The fourth-order valence-corrected chi connectivity index (χ4v) is 2.12. The van der Waals surface area contributed by atoms with Crippen molar-refractivity contribution in [2.75, 3.05) is 26.1 Å². The maximum Gasteiger partial charge on any atom is 0.255 e. The molecule has 0 aliphatic carbocycles. The van der Waals surface area contributed by atoms with Gasteiger partial charge in [0.25, 0.3) is 11.8 Å². The van der Waals surface area contributed by atoms with Gasteiger partial charge in [0.2, 0.25) is 5.91 Å². The van der Waals surface area contributed by atoms with Crippen molar-refractivity contribution >= 4 is 23.4 Å². The van der Waals surface area contributed by atoms with E-state index in [-0.39, 0.29) is 12.5 Å². The van der Waals surface area contributed by atoms with E-state index in [1.54, 1.807) is 30.3 Å². The second-order valence-corrected chi connectivity index (χ2v) is 5.28. The van der Waals surface area contributed by atoms with Crippen molar-refractivity contribution in [3.8, 4) is 11.5 Å². The van der Waals surface area contributed by atoms with Crippen molar-refractivity contribution in [1.82, 2.24) is 5.32 Å². The summed E-state index contributed by atoms with van der Waals surface area (Å²) >= 11 is 0. The minimum Gasteiger partial charge on any atom is -0.497 e. The van der Waals surface area contributed by atoms with Gasteiger partial charge in [0.1, 0.15) is 11.5 Å². The molecule has 2 aromatic rings. The summed E-state index contributed by atoms with van der Waals surface area (Å²) < 4.78 is 10.3. The lowest BCUT2D eigenvalue weighted by atomic mass is 10.1. The molecule has 8 heteroatoms.